The summed E-state index contributed by atoms with van der Waals surface area (Å²) in [4.78, 5) is 38.1. The Balaban J connectivity index is 1.44. The first-order valence-corrected chi connectivity index (χ1v) is 9.78. The van der Waals surface area contributed by atoms with Crippen LogP contribution in [0, 0.1) is 0 Å². The van der Waals surface area contributed by atoms with Gasteiger partial charge in [-0.1, -0.05) is 29.8 Å². The van der Waals surface area contributed by atoms with E-state index >= 15 is 0 Å². The van der Waals surface area contributed by atoms with Crippen LogP contribution < -0.4 is 16.1 Å². The normalized spacial score (nSPS) is 23.3. The Labute approximate surface area is 173 Å². The van der Waals surface area contributed by atoms with Crippen molar-refractivity contribution in [2.75, 3.05) is 26.7 Å². The summed E-state index contributed by atoms with van der Waals surface area (Å²) in [7, 11) is 1.26. The van der Waals surface area contributed by atoms with Gasteiger partial charge >= 0.3 is 12.0 Å². The third kappa shape index (κ3) is 3.75. The summed E-state index contributed by atoms with van der Waals surface area (Å²) in [5.41, 5.74) is 5.61. The van der Waals surface area contributed by atoms with Crippen molar-refractivity contribution in [3.63, 3.8) is 0 Å². The minimum Gasteiger partial charge on any atom is -0.468 e. The molecular weight excluding hydrogens is 398 g/mol. The molecule has 0 radical (unpaired) electrons. The molecule has 1 aromatic rings. The number of hydrogen-bond acceptors (Lipinski definition) is 6. The zero-order valence-corrected chi connectivity index (χ0v) is 16.7. The highest BCUT2D eigenvalue weighted by molar-refractivity contribution is 6.31. The second kappa shape index (κ2) is 7.92. The SMILES string of the molecule is COC(=O)CNC(=O)N1CCC2=C(C1)C(=O)N1NC(c3ccccc3Cl)CC1N2. The number of methoxy groups -OCH3 is 1. The van der Waals surface area contributed by atoms with E-state index in [0.717, 1.165) is 11.3 Å². The van der Waals surface area contributed by atoms with E-state index < -0.39 is 12.0 Å². The molecule has 10 heteroatoms. The maximum absolute atomic E-state index is 13.1. The number of fused-ring (bicyclic) bond motifs is 1. The second-order valence-electron chi connectivity index (χ2n) is 7.14. The molecule has 0 aliphatic carbocycles. The molecule has 9 nitrogen and oxygen atoms in total. The van der Waals surface area contributed by atoms with E-state index in [1.54, 1.807) is 5.01 Å². The van der Waals surface area contributed by atoms with Crippen molar-refractivity contribution in [1.82, 2.24) is 26.0 Å². The first-order chi connectivity index (χ1) is 14.0. The van der Waals surface area contributed by atoms with Crippen LogP contribution in [-0.2, 0) is 14.3 Å². The van der Waals surface area contributed by atoms with Crippen LogP contribution in [-0.4, -0.2) is 60.7 Å². The van der Waals surface area contributed by atoms with Crippen molar-refractivity contribution in [3.05, 3.63) is 46.1 Å². The third-order valence-corrected chi connectivity index (χ3v) is 5.75. The van der Waals surface area contributed by atoms with E-state index in [1.807, 2.05) is 24.3 Å². The smallest absolute Gasteiger partial charge is 0.325 e. The Morgan fingerprint density at radius 2 is 2.14 bits per heavy atom. The second-order valence-corrected chi connectivity index (χ2v) is 7.54. The van der Waals surface area contributed by atoms with Crippen LogP contribution in [0.3, 0.4) is 0 Å². The fourth-order valence-corrected chi connectivity index (χ4v) is 4.16. The lowest BCUT2D eigenvalue weighted by Gasteiger charge is -2.39. The molecule has 154 valence electrons. The van der Waals surface area contributed by atoms with Gasteiger partial charge in [0.2, 0.25) is 0 Å². The summed E-state index contributed by atoms with van der Waals surface area (Å²) in [5.74, 6) is -0.677. The average molecular weight is 420 g/mol. The molecule has 3 aliphatic rings. The Bertz CT molecular complexity index is 889. The molecule has 3 aliphatic heterocycles. The molecule has 2 atom stereocenters. The van der Waals surface area contributed by atoms with Gasteiger partial charge in [0.15, 0.2) is 0 Å². The highest BCUT2D eigenvalue weighted by Crippen LogP contribution is 2.35. The van der Waals surface area contributed by atoms with Crippen molar-refractivity contribution in [1.29, 1.82) is 0 Å². The van der Waals surface area contributed by atoms with E-state index in [1.165, 1.54) is 12.0 Å². The van der Waals surface area contributed by atoms with Crippen molar-refractivity contribution in [3.8, 4) is 0 Å². The summed E-state index contributed by atoms with van der Waals surface area (Å²) >= 11 is 6.32. The van der Waals surface area contributed by atoms with Crippen LogP contribution in [0.5, 0.6) is 0 Å². The van der Waals surface area contributed by atoms with Crippen molar-refractivity contribution >= 4 is 29.5 Å². The van der Waals surface area contributed by atoms with E-state index in [2.05, 4.69) is 20.8 Å². The monoisotopic (exact) mass is 419 g/mol. The lowest BCUT2D eigenvalue weighted by molar-refractivity contribution is -0.139. The summed E-state index contributed by atoms with van der Waals surface area (Å²) in [5, 5.41) is 8.18. The number of hydrogen-bond donors (Lipinski definition) is 3. The number of rotatable bonds is 3. The van der Waals surface area contributed by atoms with Gasteiger partial charge in [-0.15, -0.1) is 0 Å². The van der Waals surface area contributed by atoms with Crippen LogP contribution in [0.15, 0.2) is 35.5 Å². The number of esters is 1. The molecule has 29 heavy (non-hydrogen) atoms. The Morgan fingerprint density at radius 1 is 1.34 bits per heavy atom. The van der Waals surface area contributed by atoms with Gasteiger partial charge in [0.05, 0.1) is 25.3 Å². The van der Waals surface area contributed by atoms with Gasteiger partial charge in [-0.05, 0) is 11.6 Å². The molecule has 0 saturated carbocycles. The fourth-order valence-electron chi connectivity index (χ4n) is 3.89. The predicted octanol–water partition coefficient (Wildman–Crippen LogP) is 0.890. The Kier molecular flexibility index (Phi) is 5.33. The molecule has 4 rings (SSSR count). The van der Waals surface area contributed by atoms with Crippen LogP contribution in [0.25, 0.3) is 0 Å². The number of carbonyl (C=O) groups is 3. The van der Waals surface area contributed by atoms with Gasteiger partial charge in [-0.2, -0.15) is 0 Å². The highest BCUT2D eigenvalue weighted by atomic mass is 35.5. The number of ether oxygens (including phenoxy) is 1. The Morgan fingerprint density at radius 3 is 2.90 bits per heavy atom. The summed E-state index contributed by atoms with van der Waals surface area (Å²) < 4.78 is 4.52. The maximum atomic E-state index is 13.1. The lowest BCUT2D eigenvalue weighted by Crippen LogP contribution is -2.57. The predicted molar refractivity (Wildman–Crippen MR) is 104 cm³/mol. The van der Waals surface area contributed by atoms with E-state index in [9.17, 15) is 14.4 Å². The van der Waals surface area contributed by atoms with Gasteiger partial charge in [-0.3, -0.25) is 14.6 Å². The van der Waals surface area contributed by atoms with Gasteiger partial charge < -0.3 is 20.3 Å². The number of nitrogens with zero attached hydrogens (tertiary/aromatic N) is 2. The average Bonchev–Trinajstić information content (AvgIpc) is 3.16. The van der Waals surface area contributed by atoms with Crippen molar-refractivity contribution < 1.29 is 19.1 Å². The van der Waals surface area contributed by atoms with Crippen LogP contribution in [0.1, 0.15) is 24.4 Å². The van der Waals surface area contributed by atoms with E-state index in [4.69, 9.17) is 11.6 Å². The minimum absolute atomic E-state index is 0.0778. The molecule has 0 bridgehead atoms. The number of benzene rings is 1. The third-order valence-electron chi connectivity index (χ3n) is 5.41. The molecule has 0 spiro atoms. The lowest BCUT2D eigenvalue weighted by atomic mass is 10.0. The summed E-state index contributed by atoms with van der Waals surface area (Å²) in [6.45, 7) is 0.426. The number of urea groups is 1. The van der Waals surface area contributed by atoms with Crippen molar-refractivity contribution in [2.24, 2.45) is 0 Å². The van der Waals surface area contributed by atoms with Gasteiger partial charge in [0.25, 0.3) is 5.91 Å². The molecule has 3 N–H and O–H groups in total. The standard InChI is InChI=1S/C19H22ClN5O4/c1-29-17(26)9-21-19(28)24-7-6-14-12(10-24)18(27)25-16(22-14)8-15(23-25)11-4-2-3-5-13(11)20/h2-5,15-16,22-23H,6-10H2,1H3,(H,21,28). The number of amides is 3. The molecule has 0 aromatic heterocycles. The van der Waals surface area contributed by atoms with Crippen LogP contribution in [0.4, 0.5) is 4.79 Å². The molecule has 3 amide bonds. The summed E-state index contributed by atoms with van der Waals surface area (Å²) in [6, 6.07) is 7.09. The number of halogens is 1. The van der Waals surface area contributed by atoms with Gasteiger partial charge in [-0.25, -0.2) is 10.2 Å². The number of nitrogens with one attached hydrogen (secondary N) is 3. The van der Waals surface area contributed by atoms with Crippen LogP contribution in [0.2, 0.25) is 5.02 Å². The molecular formula is C19H22ClN5O4. The molecule has 2 unspecified atom stereocenters. The number of hydrazine groups is 1. The van der Waals surface area contributed by atoms with Gasteiger partial charge in [0.1, 0.15) is 12.7 Å². The zero-order chi connectivity index (χ0) is 20.5. The van der Waals surface area contributed by atoms with Gasteiger partial charge in [0, 0.05) is 30.1 Å². The number of carbonyl (C=O) groups excluding carboxylic acids is 3. The first-order valence-electron chi connectivity index (χ1n) is 9.40. The van der Waals surface area contributed by atoms with Crippen molar-refractivity contribution in [2.45, 2.75) is 25.0 Å². The largest absolute Gasteiger partial charge is 0.468 e. The topological polar surface area (TPSA) is 103 Å². The molecule has 1 saturated heterocycles. The molecule has 1 fully saturated rings. The maximum Gasteiger partial charge on any atom is 0.325 e. The fraction of sp³-hybridized carbons (Fsp3) is 0.421. The van der Waals surface area contributed by atoms with E-state index in [0.29, 0.717) is 30.0 Å². The quantitative estimate of drug-likeness (QED) is 0.629. The zero-order valence-electron chi connectivity index (χ0n) is 15.9. The molecule has 3 heterocycles. The first kappa shape index (κ1) is 19.5. The summed E-state index contributed by atoms with van der Waals surface area (Å²) in [6.07, 6.45) is 1.07. The van der Waals surface area contributed by atoms with E-state index in [-0.39, 0.29) is 31.2 Å². The van der Waals surface area contributed by atoms with Crippen LogP contribution >= 0.6 is 11.6 Å². The Hall–Kier alpha value is -2.78. The highest BCUT2D eigenvalue weighted by Gasteiger charge is 2.43. The minimum atomic E-state index is -0.527. The molecule has 1 aromatic carbocycles.